The molecule has 476 valence electrons. The molecule has 2 amide bonds. The molecular weight excluding hydrogens is 1250 g/mol. The highest BCUT2D eigenvalue weighted by atomic mass is 32.5. The van der Waals surface area contributed by atoms with Gasteiger partial charge in [0.05, 0.1) is 50.6 Å². The van der Waals surface area contributed by atoms with Crippen LogP contribution < -0.4 is 15.5 Å². The van der Waals surface area contributed by atoms with Gasteiger partial charge < -0.3 is 51.1 Å². The van der Waals surface area contributed by atoms with E-state index in [9.17, 15) is 19.7 Å². The van der Waals surface area contributed by atoms with Crippen LogP contribution in [-0.4, -0.2) is 152 Å². The van der Waals surface area contributed by atoms with Gasteiger partial charge >= 0.3 is 13.4 Å². The highest BCUT2D eigenvalue weighted by molar-refractivity contribution is 8.07. The number of hydrogen-bond donors (Lipinski definition) is 3. The topological polar surface area (TPSA) is 272 Å². The van der Waals surface area contributed by atoms with E-state index in [1.807, 2.05) is 29.0 Å². The number of rotatable bonds is 16. The number of aromatic nitrogens is 7. The molecule has 2 unspecified atom stereocenters. The normalized spacial score (nSPS) is 27.0. The number of nitrogens with one attached hydrogen (secondary N) is 2. The molecule has 0 saturated carbocycles. The molecule has 8 heterocycles. The van der Waals surface area contributed by atoms with E-state index < -0.39 is 93.4 Å². The molecule has 4 aromatic heterocycles. The van der Waals surface area contributed by atoms with E-state index >= 15 is 0 Å². The molecule has 24 nitrogen and oxygen atoms in total. The minimum absolute atomic E-state index is 0.0110. The van der Waals surface area contributed by atoms with Gasteiger partial charge in [0, 0.05) is 31.8 Å². The van der Waals surface area contributed by atoms with E-state index in [2.05, 4.69) is 123 Å². The van der Waals surface area contributed by atoms with E-state index in [-0.39, 0.29) is 58.9 Å². The van der Waals surface area contributed by atoms with Gasteiger partial charge in [0.2, 0.25) is 11.9 Å². The van der Waals surface area contributed by atoms with E-state index in [0.29, 0.717) is 66.3 Å². The molecule has 1 aromatic carbocycles. The van der Waals surface area contributed by atoms with E-state index in [1.165, 1.54) is 19.6 Å². The van der Waals surface area contributed by atoms with Crippen LogP contribution in [0.5, 0.6) is 0 Å². The van der Waals surface area contributed by atoms with Crippen LogP contribution in [0.2, 0.25) is 54.4 Å². The number of nitriles is 1. The van der Waals surface area contributed by atoms with Crippen LogP contribution in [0.4, 0.5) is 17.6 Å². The Labute approximate surface area is 523 Å². The molecule has 10 atom stereocenters. The molecular formula is C56H85N11O13P2S2Si3. The van der Waals surface area contributed by atoms with Crippen LogP contribution in [0.15, 0.2) is 49.2 Å². The first-order valence-electron chi connectivity index (χ1n) is 29.4. The summed E-state index contributed by atoms with van der Waals surface area (Å²) < 4.78 is 72.7. The molecule has 87 heavy (non-hydrogen) atoms. The van der Waals surface area contributed by atoms with Crippen molar-refractivity contribution >= 4 is 114 Å². The molecule has 0 radical (unpaired) electrons. The molecule has 3 N–H and O–H groups in total. The maximum atomic E-state index is 14.2. The first kappa shape index (κ1) is 67.5. The minimum atomic E-state index is -4.35. The number of ether oxygens (including phenoxy) is 2. The fourth-order valence-electron chi connectivity index (χ4n) is 9.97. The van der Waals surface area contributed by atoms with Gasteiger partial charge in [-0.3, -0.25) is 33.4 Å². The first-order chi connectivity index (χ1) is 40.5. The average Bonchev–Trinajstić information content (AvgIpc) is 1.66. The van der Waals surface area contributed by atoms with Crippen molar-refractivity contribution < 1.29 is 59.9 Å². The second-order valence-corrected chi connectivity index (χ2v) is 47.1. The summed E-state index contributed by atoms with van der Waals surface area (Å²) in [6.45, 7) is 25.1. The highest BCUT2D eigenvalue weighted by Crippen LogP contribution is 2.59. The molecule has 3 saturated heterocycles. The zero-order valence-corrected chi connectivity index (χ0v) is 59.1. The lowest BCUT2D eigenvalue weighted by atomic mass is 10.1. The van der Waals surface area contributed by atoms with Gasteiger partial charge in [0.15, 0.2) is 54.4 Å². The Hall–Kier alpha value is -3.87. The quantitative estimate of drug-likeness (QED) is 0.0470. The maximum Gasteiger partial charge on any atom is 0.327 e. The molecule has 31 heteroatoms. The highest BCUT2D eigenvalue weighted by Gasteiger charge is 2.58. The Balaban J connectivity index is 1.14. The number of aryl methyl sites for hydroxylation is 1. The van der Waals surface area contributed by atoms with Crippen LogP contribution in [0, 0.1) is 11.3 Å². The zero-order chi connectivity index (χ0) is 63.5. The van der Waals surface area contributed by atoms with Crippen molar-refractivity contribution in [2.75, 3.05) is 55.1 Å². The van der Waals surface area contributed by atoms with Gasteiger partial charge in [-0.15, -0.1) is 0 Å². The van der Waals surface area contributed by atoms with Gasteiger partial charge in [-0.1, -0.05) is 80.5 Å². The number of imidazole rings is 1. The maximum absolute atomic E-state index is 14.2. The lowest BCUT2D eigenvalue weighted by Crippen LogP contribution is -2.50. The summed E-state index contributed by atoms with van der Waals surface area (Å²) in [5.74, 6) is 0.173. The van der Waals surface area contributed by atoms with Crippen molar-refractivity contribution in [1.82, 2.24) is 34.1 Å². The van der Waals surface area contributed by atoms with Crippen molar-refractivity contribution in [3.8, 4) is 6.07 Å². The Morgan fingerprint density at radius 2 is 1.46 bits per heavy atom. The summed E-state index contributed by atoms with van der Waals surface area (Å²) >= 11 is 12.5. The number of nitrogens with zero attached hydrogens (tertiary/aromatic N) is 9. The molecule has 9 rings (SSSR count). The standard InChI is InChI=1S/C56H85N11O13P2S2Si3/c1-35(68)62-53-63-46(58-26-29-74-85(11,12)54(2,3)4)41-49(64-53)67(34-61-41)51-44-43(79-86(13,14)55(5,6)7)39(76-51)31-72-81(70,83)77-42-38(32-73-82(84,78-44)71-28-21-25-57)75-52(45(42)80-87(15,16)56(8,9)10)66-30-37-24-20-27-65(47-40(37)48(66)60-33-59-47)50(69)36-22-18-17-19-23-36/h17-19,22-23,30,33-34,38-39,42-45,51-52H,20-21,24,26-29,31-32H2,1-16H3,(H,70,83)(H2,58,62,63,64,68)/t38-,39-,42-,43-,44-,45-,51-,52-,81?,82?/m1/s1. The number of benzene rings is 1. The molecule has 4 aliphatic heterocycles. The number of carbonyl (C=O) groups excluding carboxylic acids is 2. The third-order valence-corrected chi connectivity index (χ3v) is 35.2. The minimum Gasteiger partial charge on any atom is -0.415 e. The predicted molar refractivity (Wildman–Crippen MR) is 346 cm³/mol. The lowest BCUT2D eigenvalue weighted by Gasteiger charge is -2.41. The van der Waals surface area contributed by atoms with Crippen molar-refractivity contribution in [3.05, 3.63) is 60.3 Å². The van der Waals surface area contributed by atoms with Crippen molar-refractivity contribution in [3.63, 3.8) is 0 Å². The number of hydrogen-bond acceptors (Lipinski definition) is 21. The number of fused-ring (bicyclic) bond motifs is 4. The molecule has 0 spiro atoms. The van der Waals surface area contributed by atoms with Crippen molar-refractivity contribution in [2.45, 2.75) is 192 Å². The summed E-state index contributed by atoms with van der Waals surface area (Å²) in [6.07, 6.45) is -2.67. The molecule has 0 aliphatic carbocycles. The van der Waals surface area contributed by atoms with Gasteiger partial charge in [0.1, 0.15) is 54.4 Å². The Morgan fingerprint density at radius 3 is 2.11 bits per heavy atom. The third kappa shape index (κ3) is 14.6. The Bertz CT molecular complexity index is 3480. The molecule has 5 aromatic rings. The van der Waals surface area contributed by atoms with Crippen molar-refractivity contribution in [1.29, 1.82) is 5.26 Å². The molecule has 2 bridgehead atoms. The summed E-state index contributed by atoms with van der Waals surface area (Å²) in [6, 6.07) is 11.2. The van der Waals surface area contributed by atoms with Gasteiger partial charge in [-0.25, -0.2) is 15.0 Å². The number of carbonyl (C=O) groups is 2. The van der Waals surface area contributed by atoms with Crippen LogP contribution in [0.25, 0.3) is 22.2 Å². The Kier molecular flexibility index (Phi) is 19.9. The largest absolute Gasteiger partial charge is 0.415 e. The first-order valence-corrected chi connectivity index (χ1v) is 43.3. The predicted octanol–water partition coefficient (Wildman–Crippen LogP) is 11.0. The van der Waals surface area contributed by atoms with Gasteiger partial charge in [-0.05, 0) is 109 Å². The van der Waals surface area contributed by atoms with E-state index in [1.54, 1.807) is 21.6 Å². The fourth-order valence-corrected chi connectivity index (χ4v) is 17.1. The van der Waals surface area contributed by atoms with Crippen LogP contribution in [0.3, 0.4) is 0 Å². The third-order valence-electron chi connectivity index (χ3n) is 17.8. The smallest absolute Gasteiger partial charge is 0.327 e. The molecule has 3 fully saturated rings. The zero-order valence-electron chi connectivity index (χ0n) is 52.7. The summed E-state index contributed by atoms with van der Waals surface area (Å²) in [4.78, 5) is 65.1. The fraction of sp³-hybridized carbons (Fsp3) is 0.643. The van der Waals surface area contributed by atoms with Crippen molar-refractivity contribution in [2.24, 2.45) is 0 Å². The summed E-state index contributed by atoms with van der Waals surface area (Å²) in [5.41, 5.74) is 2.47. The number of anilines is 3. The summed E-state index contributed by atoms with van der Waals surface area (Å²) in [7, 11) is -7.72. The average molecular weight is 1330 g/mol. The SMILES string of the molecule is CC(=O)Nc1nc(NCCO[Si](C)(C)C(C)(C)C)c2ncn([C@@H]3O[C@@H]4COP(O)(=S)O[C@H]5[C@@H](O[Si](C)(C)C(C)(C)C)[C@H](n6cc7c8c(ncnc86)N(C(=O)c6ccccc6)CCC7)O[C@@H]5COP(=S)(OCCC#N)O[C@@H]3[C@@H]4O[Si](C)(C)C(C)(C)C)c2n1. The van der Waals surface area contributed by atoms with E-state index in [4.69, 9.17) is 88.9 Å². The monoisotopic (exact) mass is 1330 g/mol. The van der Waals surface area contributed by atoms with Gasteiger partial charge in [-0.2, -0.15) is 15.2 Å². The lowest BCUT2D eigenvalue weighted by molar-refractivity contribution is -0.114. The van der Waals surface area contributed by atoms with Gasteiger partial charge in [0.25, 0.3) is 5.91 Å². The second-order valence-electron chi connectivity index (χ2n) is 27.0. The second kappa shape index (κ2) is 25.7. The Morgan fingerprint density at radius 1 is 0.805 bits per heavy atom. The number of amides is 2. The summed E-state index contributed by atoms with van der Waals surface area (Å²) in [5, 5.41) is 16.0. The van der Waals surface area contributed by atoms with Crippen LogP contribution in [-0.2, 0) is 80.2 Å². The van der Waals surface area contributed by atoms with Crippen LogP contribution >= 0.6 is 13.4 Å². The van der Waals surface area contributed by atoms with Crippen LogP contribution in [0.1, 0.15) is 110 Å². The molecule has 4 aliphatic rings. The van der Waals surface area contributed by atoms with E-state index in [0.717, 1.165) is 5.56 Å².